The average molecular weight is 302 g/mol. The van der Waals surface area contributed by atoms with Crippen LogP contribution < -0.4 is 0 Å². The Bertz CT molecular complexity index is 544. The molecule has 1 N–H and O–H groups in total. The quantitative estimate of drug-likeness (QED) is 0.734. The van der Waals surface area contributed by atoms with Crippen LogP contribution in [-0.4, -0.2) is 17.0 Å². The van der Waals surface area contributed by atoms with Gasteiger partial charge in [-0.2, -0.15) is 0 Å². The van der Waals surface area contributed by atoms with Crippen LogP contribution in [0, 0.1) is 28.1 Å². The van der Waals surface area contributed by atoms with Gasteiger partial charge in [0.25, 0.3) is 0 Å². The van der Waals surface area contributed by atoms with Crippen LogP contribution >= 0.6 is 0 Å². The van der Waals surface area contributed by atoms with E-state index in [1.54, 1.807) is 0 Å². The molecule has 0 aromatic heterocycles. The Morgan fingerprint density at radius 2 is 1.91 bits per heavy atom. The first kappa shape index (κ1) is 16.0. The summed E-state index contributed by atoms with van der Waals surface area (Å²) >= 11 is 0. The molecule has 0 amide bonds. The lowest BCUT2D eigenvalue weighted by atomic mass is 9.46. The highest BCUT2D eigenvalue weighted by molar-refractivity contribution is 5.96. The van der Waals surface area contributed by atoms with Crippen LogP contribution in [0.4, 0.5) is 0 Å². The number of hydrogen-bond acceptors (Lipinski definition) is 2. The van der Waals surface area contributed by atoms with Crippen molar-refractivity contribution in [2.75, 3.05) is 0 Å². The molecule has 3 aliphatic rings. The Balaban J connectivity index is 2.01. The lowest BCUT2D eigenvalue weighted by Gasteiger charge is -2.58. The molecular formula is C20H30O2. The third kappa shape index (κ3) is 2.06. The third-order valence-corrected chi connectivity index (χ3v) is 7.33. The van der Waals surface area contributed by atoms with Crippen molar-refractivity contribution in [1.29, 1.82) is 0 Å². The highest BCUT2D eigenvalue weighted by atomic mass is 16.3. The smallest absolute Gasteiger partial charge is 0.184 e. The summed E-state index contributed by atoms with van der Waals surface area (Å²) in [5.41, 5.74) is 1.35. The molecule has 0 bridgehead atoms. The molecule has 0 aromatic carbocycles. The number of aliphatic hydroxyl groups excluding tert-OH is 1. The Hall–Kier alpha value is -0.890. The first-order valence-electron chi connectivity index (χ1n) is 8.72. The van der Waals surface area contributed by atoms with Gasteiger partial charge in [-0.3, -0.25) is 4.79 Å². The standard InChI is InChI=1S/C20H30O2/c1-6-19(4)9-10-20(5)13(12-19)7-8-14-15(20)11-16(21)17(22)18(14,2)3/h6,11,13-14,17,22H,1,7-10,12H2,2-5H3/t13-,14-,17+,19-,20-/m1/s1. The molecule has 3 aliphatic carbocycles. The van der Waals surface area contributed by atoms with E-state index in [2.05, 4.69) is 40.3 Å². The van der Waals surface area contributed by atoms with Crippen molar-refractivity contribution in [1.82, 2.24) is 0 Å². The first-order chi connectivity index (χ1) is 10.1. The number of aliphatic hydroxyl groups is 1. The fourth-order valence-electron chi connectivity index (χ4n) is 5.37. The highest BCUT2D eigenvalue weighted by Gasteiger charge is 2.56. The summed E-state index contributed by atoms with van der Waals surface area (Å²) in [6.07, 6.45) is 8.84. The van der Waals surface area contributed by atoms with Crippen molar-refractivity contribution in [2.24, 2.45) is 28.1 Å². The van der Waals surface area contributed by atoms with Gasteiger partial charge in [0.2, 0.25) is 0 Å². The number of fused-ring (bicyclic) bond motifs is 3. The summed E-state index contributed by atoms with van der Waals surface area (Å²) in [6.45, 7) is 12.8. The van der Waals surface area contributed by atoms with Crippen molar-refractivity contribution in [2.45, 2.75) is 65.9 Å². The molecule has 0 unspecified atom stereocenters. The van der Waals surface area contributed by atoms with Crippen LogP contribution in [-0.2, 0) is 4.79 Å². The molecule has 5 atom stereocenters. The van der Waals surface area contributed by atoms with Crippen molar-refractivity contribution >= 4 is 5.78 Å². The summed E-state index contributed by atoms with van der Waals surface area (Å²) in [6, 6.07) is 0. The number of carbonyl (C=O) groups excluding carboxylic acids is 1. The topological polar surface area (TPSA) is 37.3 Å². The van der Waals surface area contributed by atoms with Gasteiger partial charge >= 0.3 is 0 Å². The van der Waals surface area contributed by atoms with Crippen LogP contribution in [0.1, 0.15) is 59.8 Å². The van der Waals surface area contributed by atoms with Crippen LogP contribution in [0.5, 0.6) is 0 Å². The number of ketones is 1. The minimum atomic E-state index is -0.844. The predicted octanol–water partition coefficient (Wildman–Crippen LogP) is 4.29. The van der Waals surface area contributed by atoms with E-state index >= 15 is 0 Å². The SMILES string of the molecule is C=C[C@]1(C)CC[C@@]2(C)C3=CC(=O)[C@H](O)C(C)(C)[C@@H]3CC[C@@H]2C1. The molecule has 2 saturated carbocycles. The molecule has 0 aliphatic heterocycles. The fraction of sp³-hybridized carbons (Fsp3) is 0.750. The predicted molar refractivity (Wildman–Crippen MR) is 89.4 cm³/mol. The number of hydrogen-bond donors (Lipinski definition) is 1. The van der Waals surface area contributed by atoms with Gasteiger partial charge in [-0.15, -0.1) is 6.58 Å². The van der Waals surface area contributed by atoms with E-state index < -0.39 is 6.10 Å². The molecule has 3 rings (SSSR count). The molecule has 0 heterocycles. The van der Waals surface area contributed by atoms with Gasteiger partial charge in [-0.25, -0.2) is 0 Å². The molecule has 2 fully saturated rings. The van der Waals surface area contributed by atoms with E-state index in [0.29, 0.717) is 11.8 Å². The highest BCUT2D eigenvalue weighted by Crippen LogP contribution is 2.63. The first-order valence-corrected chi connectivity index (χ1v) is 8.72. The van der Waals surface area contributed by atoms with Gasteiger partial charge in [0.05, 0.1) is 0 Å². The van der Waals surface area contributed by atoms with E-state index in [1.165, 1.54) is 18.4 Å². The average Bonchev–Trinajstić information content (AvgIpc) is 2.47. The van der Waals surface area contributed by atoms with E-state index in [4.69, 9.17) is 0 Å². The van der Waals surface area contributed by atoms with Gasteiger partial charge in [-0.05, 0) is 60.8 Å². The second-order valence-electron chi connectivity index (χ2n) is 9.03. The monoisotopic (exact) mass is 302 g/mol. The van der Waals surface area contributed by atoms with Gasteiger partial charge in [-0.1, -0.05) is 39.3 Å². The van der Waals surface area contributed by atoms with Crippen molar-refractivity contribution < 1.29 is 9.90 Å². The fourth-order valence-corrected chi connectivity index (χ4v) is 5.37. The van der Waals surface area contributed by atoms with Crippen LogP contribution in [0.2, 0.25) is 0 Å². The van der Waals surface area contributed by atoms with E-state index in [9.17, 15) is 9.90 Å². The summed E-state index contributed by atoms with van der Waals surface area (Å²) in [5.74, 6) is 0.885. The van der Waals surface area contributed by atoms with Crippen molar-refractivity contribution in [3.8, 4) is 0 Å². The van der Waals surface area contributed by atoms with Crippen LogP contribution in [0.15, 0.2) is 24.3 Å². The summed E-state index contributed by atoms with van der Waals surface area (Å²) < 4.78 is 0. The molecule has 2 heteroatoms. The molecule has 2 nitrogen and oxygen atoms in total. The van der Waals surface area contributed by atoms with Gasteiger partial charge in [0.1, 0.15) is 6.10 Å². The number of carbonyl (C=O) groups is 1. The second-order valence-corrected chi connectivity index (χ2v) is 9.03. The number of rotatable bonds is 1. The Morgan fingerprint density at radius 3 is 2.55 bits per heavy atom. The lowest BCUT2D eigenvalue weighted by molar-refractivity contribution is -0.134. The molecule has 0 aromatic rings. The molecule has 0 spiro atoms. The van der Waals surface area contributed by atoms with E-state index in [1.807, 2.05) is 6.08 Å². The number of allylic oxidation sites excluding steroid dienone is 2. The summed E-state index contributed by atoms with van der Waals surface area (Å²) in [5, 5.41) is 10.3. The zero-order valence-electron chi connectivity index (χ0n) is 14.5. The Morgan fingerprint density at radius 1 is 1.23 bits per heavy atom. The molecule has 122 valence electrons. The second kappa shape index (κ2) is 4.80. The zero-order valence-corrected chi connectivity index (χ0v) is 14.5. The van der Waals surface area contributed by atoms with E-state index in [0.717, 1.165) is 19.3 Å². The third-order valence-electron chi connectivity index (χ3n) is 7.33. The van der Waals surface area contributed by atoms with Crippen LogP contribution in [0.3, 0.4) is 0 Å². The van der Waals surface area contributed by atoms with Gasteiger partial charge < -0.3 is 5.11 Å². The molecule has 22 heavy (non-hydrogen) atoms. The van der Waals surface area contributed by atoms with E-state index in [-0.39, 0.29) is 22.0 Å². The largest absolute Gasteiger partial charge is 0.384 e. The maximum absolute atomic E-state index is 12.3. The minimum absolute atomic E-state index is 0.0878. The summed E-state index contributed by atoms with van der Waals surface area (Å²) in [4.78, 5) is 12.3. The van der Waals surface area contributed by atoms with Gasteiger partial charge in [0.15, 0.2) is 5.78 Å². The Labute approximate surface area is 134 Å². The molecule has 0 saturated heterocycles. The Kier molecular flexibility index (Phi) is 3.49. The lowest BCUT2D eigenvalue weighted by Crippen LogP contribution is -2.53. The van der Waals surface area contributed by atoms with Crippen molar-refractivity contribution in [3.63, 3.8) is 0 Å². The summed E-state index contributed by atoms with van der Waals surface area (Å²) in [7, 11) is 0. The van der Waals surface area contributed by atoms with Crippen molar-refractivity contribution in [3.05, 3.63) is 24.3 Å². The molecule has 0 radical (unpaired) electrons. The normalized spacial score (nSPS) is 47.2. The van der Waals surface area contributed by atoms with Gasteiger partial charge in [0, 0.05) is 5.41 Å². The maximum Gasteiger partial charge on any atom is 0.184 e. The maximum atomic E-state index is 12.3. The minimum Gasteiger partial charge on any atom is -0.384 e. The van der Waals surface area contributed by atoms with Crippen LogP contribution in [0.25, 0.3) is 0 Å². The zero-order chi connectivity index (χ0) is 16.3. The molecular weight excluding hydrogens is 272 g/mol.